The van der Waals surface area contributed by atoms with Gasteiger partial charge < -0.3 is 5.32 Å². The lowest BCUT2D eigenvalue weighted by Crippen LogP contribution is -2.21. The Morgan fingerprint density at radius 1 is 1.29 bits per heavy atom. The van der Waals surface area contributed by atoms with Crippen LogP contribution in [0.4, 0.5) is 17.6 Å². The van der Waals surface area contributed by atoms with Crippen molar-refractivity contribution in [1.82, 2.24) is 5.32 Å². The van der Waals surface area contributed by atoms with Gasteiger partial charge in [-0.3, -0.25) is 0 Å². The van der Waals surface area contributed by atoms with Crippen LogP contribution in [0.15, 0.2) is 34.1 Å². The van der Waals surface area contributed by atoms with Crippen LogP contribution in [0, 0.1) is 5.82 Å². The van der Waals surface area contributed by atoms with E-state index in [2.05, 4.69) is 21.2 Å². The molecule has 0 radical (unpaired) electrons. The molecule has 7 heteroatoms. The summed E-state index contributed by atoms with van der Waals surface area (Å²) in [6, 6.07) is 4.59. The third-order valence-electron chi connectivity index (χ3n) is 2.91. The maximum atomic E-state index is 13.7. The van der Waals surface area contributed by atoms with Crippen LogP contribution in [0.25, 0.3) is 0 Å². The van der Waals surface area contributed by atoms with E-state index in [9.17, 15) is 17.6 Å². The monoisotopic (exact) mass is 381 g/mol. The van der Waals surface area contributed by atoms with Crippen molar-refractivity contribution < 1.29 is 17.6 Å². The van der Waals surface area contributed by atoms with Crippen molar-refractivity contribution in [3.63, 3.8) is 0 Å². The van der Waals surface area contributed by atoms with Crippen LogP contribution in [0.1, 0.15) is 29.0 Å². The quantitative estimate of drug-likeness (QED) is 0.702. The van der Waals surface area contributed by atoms with E-state index in [-0.39, 0.29) is 6.04 Å². The van der Waals surface area contributed by atoms with Gasteiger partial charge in [0.1, 0.15) is 5.82 Å². The van der Waals surface area contributed by atoms with Crippen molar-refractivity contribution in [2.45, 2.75) is 19.1 Å². The van der Waals surface area contributed by atoms with Crippen molar-refractivity contribution in [3.8, 4) is 0 Å². The minimum absolute atomic E-state index is 0.330. The Hall–Kier alpha value is -0.920. The molecule has 0 aliphatic heterocycles. The van der Waals surface area contributed by atoms with Gasteiger partial charge in [0, 0.05) is 14.7 Å². The molecule has 21 heavy (non-hydrogen) atoms. The second-order valence-electron chi connectivity index (χ2n) is 4.40. The molecule has 0 amide bonds. The fourth-order valence-electron chi connectivity index (χ4n) is 2.01. The summed E-state index contributed by atoms with van der Waals surface area (Å²) in [5, 5.41) is 5.03. The van der Waals surface area contributed by atoms with Crippen LogP contribution < -0.4 is 5.32 Å². The molecule has 1 aromatic heterocycles. The molecule has 1 N–H and O–H groups in total. The molecule has 114 valence electrons. The minimum atomic E-state index is -4.68. The standard InChI is InChI=1S/C14H12BrF4NS/c1-2-20-13(12-6-9(15)7-21-12)8-3-4-10(11(16)5-8)14(17,18)19/h3-7,13,20H,2H2,1H3. The van der Waals surface area contributed by atoms with Crippen molar-refractivity contribution in [3.05, 3.63) is 55.9 Å². The Morgan fingerprint density at radius 3 is 2.48 bits per heavy atom. The summed E-state index contributed by atoms with van der Waals surface area (Å²) in [4.78, 5) is 0.905. The highest BCUT2D eigenvalue weighted by Gasteiger charge is 2.34. The summed E-state index contributed by atoms with van der Waals surface area (Å²) < 4.78 is 52.4. The maximum absolute atomic E-state index is 13.7. The lowest BCUT2D eigenvalue weighted by atomic mass is 10.0. The third kappa shape index (κ3) is 3.84. The van der Waals surface area contributed by atoms with E-state index in [4.69, 9.17) is 0 Å². The first-order valence-corrected chi connectivity index (χ1v) is 7.84. The van der Waals surface area contributed by atoms with Crippen molar-refractivity contribution >= 4 is 27.3 Å². The first-order chi connectivity index (χ1) is 9.82. The fourth-order valence-corrected chi connectivity index (χ4v) is 3.55. The number of hydrogen-bond donors (Lipinski definition) is 1. The number of nitrogens with one attached hydrogen (secondary N) is 1. The van der Waals surface area contributed by atoms with E-state index >= 15 is 0 Å². The zero-order chi connectivity index (χ0) is 15.6. The Morgan fingerprint density at radius 2 is 2.00 bits per heavy atom. The van der Waals surface area contributed by atoms with Crippen LogP contribution in [0.2, 0.25) is 0 Å². The van der Waals surface area contributed by atoms with Crippen LogP contribution in [0.3, 0.4) is 0 Å². The summed E-state index contributed by atoms with van der Waals surface area (Å²) in [6.45, 7) is 2.50. The molecule has 0 bridgehead atoms. The molecule has 0 aliphatic rings. The maximum Gasteiger partial charge on any atom is 0.419 e. The molecule has 1 nitrogen and oxygen atoms in total. The molecule has 0 spiro atoms. The summed E-state index contributed by atoms with van der Waals surface area (Å²) in [5.41, 5.74) is -0.773. The lowest BCUT2D eigenvalue weighted by molar-refractivity contribution is -0.140. The number of rotatable bonds is 4. The topological polar surface area (TPSA) is 12.0 Å². The van der Waals surface area contributed by atoms with Gasteiger partial charge in [-0.2, -0.15) is 13.2 Å². The van der Waals surface area contributed by atoms with Gasteiger partial charge in [-0.25, -0.2) is 4.39 Å². The molecule has 0 saturated heterocycles. The van der Waals surface area contributed by atoms with E-state index < -0.39 is 17.6 Å². The van der Waals surface area contributed by atoms with Crippen LogP contribution in [-0.2, 0) is 6.18 Å². The predicted octanol–water partition coefficient (Wildman–Crippen LogP) is 5.37. The summed E-state index contributed by atoms with van der Waals surface area (Å²) in [5.74, 6) is -1.25. The molecule has 0 saturated carbocycles. The van der Waals surface area contributed by atoms with Gasteiger partial charge in [0.2, 0.25) is 0 Å². The van der Waals surface area contributed by atoms with Gasteiger partial charge in [-0.05, 0) is 46.2 Å². The van der Waals surface area contributed by atoms with E-state index in [1.807, 2.05) is 18.4 Å². The van der Waals surface area contributed by atoms with E-state index in [0.717, 1.165) is 21.5 Å². The zero-order valence-corrected chi connectivity index (χ0v) is 13.4. The van der Waals surface area contributed by atoms with Gasteiger partial charge in [-0.1, -0.05) is 13.0 Å². The summed E-state index contributed by atoms with van der Waals surface area (Å²) in [7, 11) is 0. The smallest absolute Gasteiger partial charge is 0.306 e. The van der Waals surface area contributed by atoms with Crippen molar-refractivity contribution in [2.75, 3.05) is 6.54 Å². The van der Waals surface area contributed by atoms with E-state index in [0.29, 0.717) is 12.1 Å². The molecule has 1 aromatic carbocycles. The summed E-state index contributed by atoms with van der Waals surface area (Å²) in [6.07, 6.45) is -4.68. The SMILES string of the molecule is CCNC(c1ccc(C(F)(F)F)c(F)c1)c1cc(Br)cs1. The van der Waals surface area contributed by atoms with E-state index in [1.165, 1.54) is 17.4 Å². The average molecular weight is 382 g/mol. The molecule has 0 fully saturated rings. The number of thiophene rings is 1. The number of hydrogen-bond acceptors (Lipinski definition) is 2. The highest BCUT2D eigenvalue weighted by molar-refractivity contribution is 9.10. The molecule has 1 heterocycles. The average Bonchev–Trinajstić information content (AvgIpc) is 2.80. The fraction of sp³-hybridized carbons (Fsp3) is 0.286. The van der Waals surface area contributed by atoms with Gasteiger partial charge in [0.15, 0.2) is 0 Å². The Labute approximate surface area is 132 Å². The zero-order valence-electron chi connectivity index (χ0n) is 11.0. The summed E-state index contributed by atoms with van der Waals surface area (Å²) >= 11 is 4.79. The van der Waals surface area contributed by atoms with Gasteiger partial charge in [-0.15, -0.1) is 11.3 Å². The van der Waals surface area contributed by atoms with Crippen LogP contribution >= 0.6 is 27.3 Å². The van der Waals surface area contributed by atoms with Gasteiger partial charge in [0.05, 0.1) is 11.6 Å². The van der Waals surface area contributed by atoms with Gasteiger partial charge >= 0.3 is 6.18 Å². The predicted molar refractivity (Wildman–Crippen MR) is 78.9 cm³/mol. The Bertz CT molecular complexity index is 624. The highest BCUT2D eigenvalue weighted by Crippen LogP contribution is 2.35. The highest BCUT2D eigenvalue weighted by atomic mass is 79.9. The number of benzene rings is 1. The van der Waals surface area contributed by atoms with Crippen LogP contribution in [0.5, 0.6) is 0 Å². The first kappa shape index (κ1) is 16.5. The molecular weight excluding hydrogens is 370 g/mol. The second-order valence-corrected chi connectivity index (χ2v) is 6.25. The molecule has 2 aromatic rings. The first-order valence-electron chi connectivity index (χ1n) is 6.17. The molecule has 1 unspecified atom stereocenters. The molecule has 2 rings (SSSR count). The van der Waals surface area contributed by atoms with Crippen molar-refractivity contribution in [1.29, 1.82) is 0 Å². The molecule has 0 aliphatic carbocycles. The Balaban J connectivity index is 2.40. The number of alkyl halides is 3. The third-order valence-corrected chi connectivity index (χ3v) is 4.67. The molecule has 1 atom stereocenters. The lowest BCUT2D eigenvalue weighted by Gasteiger charge is -2.18. The Kier molecular flexibility index (Phi) is 5.06. The second kappa shape index (κ2) is 6.46. The van der Waals surface area contributed by atoms with Crippen molar-refractivity contribution in [2.24, 2.45) is 0 Å². The van der Waals surface area contributed by atoms with E-state index in [1.54, 1.807) is 0 Å². The largest absolute Gasteiger partial charge is 0.419 e. The van der Waals surface area contributed by atoms with Crippen LogP contribution in [-0.4, -0.2) is 6.54 Å². The molecular formula is C14H12BrF4NS. The minimum Gasteiger partial charge on any atom is -0.306 e. The normalized spacial score (nSPS) is 13.4. The number of halogens is 5. The van der Waals surface area contributed by atoms with Gasteiger partial charge in [0.25, 0.3) is 0 Å².